The van der Waals surface area contributed by atoms with Crippen molar-refractivity contribution in [3.63, 3.8) is 0 Å². The molecule has 5 aromatic rings. The zero-order chi connectivity index (χ0) is 22.1. The van der Waals surface area contributed by atoms with Gasteiger partial charge in [-0.15, -0.1) is 0 Å². The molecule has 0 N–H and O–H groups in total. The largest absolute Gasteiger partial charge is 0.323 e. The molecule has 0 saturated carbocycles. The highest BCUT2D eigenvalue weighted by Crippen LogP contribution is 2.32. The van der Waals surface area contributed by atoms with Crippen LogP contribution in [-0.4, -0.2) is 20.3 Å². The van der Waals surface area contributed by atoms with Crippen LogP contribution in [0.15, 0.2) is 91.4 Å². The predicted molar refractivity (Wildman–Crippen MR) is 128 cm³/mol. The van der Waals surface area contributed by atoms with Crippen molar-refractivity contribution in [3.8, 4) is 11.1 Å². The Labute approximate surface area is 195 Å². The topological polar surface area (TPSA) is 47.8 Å². The van der Waals surface area contributed by atoms with Crippen LogP contribution in [0, 0.1) is 0 Å². The molecule has 32 heavy (non-hydrogen) atoms. The van der Waals surface area contributed by atoms with E-state index in [0.717, 1.165) is 22.1 Å². The molecule has 0 aliphatic heterocycles. The zero-order valence-electron chi connectivity index (χ0n) is 16.9. The van der Waals surface area contributed by atoms with Crippen LogP contribution < -0.4 is 0 Å². The summed E-state index contributed by atoms with van der Waals surface area (Å²) in [4.78, 5) is 22.0. The van der Waals surface area contributed by atoms with E-state index in [1.807, 2.05) is 71.3 Å². The van der Waals surface area contributed by atoms with Crippen LogP contribution in [0.25, 0.3) is 22.0 Å². The Balaban J connectivity index is 1.57. The Hall–Kier alpha value is -3.47. The van der Waals surface area contributed by atoms with E-state index in [9.17, 15) is 4.79 Å². The van der Waals surface area contributed by atoms with Crippen LogP contribution in [0.4, 0.5) is 0 Å². The third-order valence-corrected chi connectivity index (χ3v) is 5.74. The Morgan fingerprint density at radius 2 is 1.75 bits per heavy atom. The summed E-state index contributed by atoms with van der Waals surface area (Å²) < 4.78 is 1.86. The lowest BCUT2D eigenvalue weighted by atomic mass is 9.98. The number of hydrogen-bond donors (Lipinski definition) is 0. The van der Waals surface area contributed by atoms with Crippen LogP contribution in [0.2, 0.25) is 10.2 Å². The second-order valence-corrected chi connectivity index (χ2v) is 8.28. The fourth-order valence-corrected chi connectivity index (χ4v) is 4.18. The minimum absolute atomic E-state index is 0.104. The second-order valence-electron chi connectivity index (χ2n) is 7.46. The van der Waals surface area contributed by atoms with E-state index in [0.29, 0.717) is 33.5 Å². The van der Waals surface area contributed by atoms with E-state index in [1.54, 1.807) is 24.7 Å². The molecule has 0 unspecified atom stereocenters. The fraction of sp³-hybridized carbons (Fsp3) is 0.0385. The molecule has 0 fully saturated rings. The first-order valence-corrected chi connectivity index (χ1v) is 10.8. The second kappa shape index (κ2) is 8.58. The van der Waals surface area contributed by atoms with Gasteiger partial charge >= 0.3 is 0 Å². The van der Waals surface area contributed by atoms with Crippen molar-refractivity contribution in [2.45, 2.75) is 6.54 Å². The van der Waals surface area contributed by atoms with Gasteiger partial charge in [-0.2, -0.15) is 0 Å². The van der Waals surface area contributed by atoms with Gasteiger partial charge in [0.15, 0.2) is 0 Å². The third kappa shape index (κ3) is 4.03. The molecule has 0 atom stereocenters. The summed E-state index contributed by atoms with van der Waals surface area (Å²) in [6.07, 6.45) is 3.29. The number of rotatable bonds is 5. The van der Waals surface area contributed by atoms with Gasteiger partial charge in [-0.25, -0.2) is 9.97 Å². The summed E-state index contributed by atoms with van der Waals surface area (Å²) >= 11 is 12.5. The molecule has 0 radical (unpaired) electrons. The van der Waals surface area contributed by atoms with E-state index in [2.05, 4.69) is 9.97 Å². The number of halogens is 2. The Morgan fingerprint density at radius 3 is 2.56 bits per heavy atom. The molecule has 5 rings (SSSR count). The molecule has 0 saturated heterocycles. The Morgan fingerprint density at radius 1 is 0.906 bits per heavy atom. The SMILES string of the molecule is O=C(c1ccc2nc(Cl)cc(-c3cccc(Cl)c3)c2c1)c1cncn1Cc1ccccc1. The van der Waals surface area contributed by atoms with E-state index < -0.39 is 0 Å². The summed E-state index contributed by atoms with van der Waals surface area (Å²) in [6, 6.07) is 24.8. The van der Waals surface area contributed by atoms with Crippen LogP contribution in [0.5, 0.6) is 0 Å². The third-order valence-electron chi connectivity index (χ3n) is 5.32. The highest BCUT2D eigenvalue weighted by Gasteiger charge is 2.17. The fourth-order valence-electron chi connectivity index (χ4n) is 3.79. The zero-order valence-corrected chi connectivity index (χ0v) is 18.4. The quantitative estimate of drug-likeness (QED) is 0.218. The lowest BCUT2D eigenvalue weighted by Crippen LogP contribution is -2.10. The Bertz CT molecular complexity index is 1440. The Kier molecular flexibility index (Phi) is 5.48. The average molecular weight is 458 g/mol. The number of nitrogens with zero attached hydrogens (tertiary/aromatic N) is 3. The van der Waals surface area contributed by atoms with Gasteiger partial charge in [0, 0.05) is 22.5 Å². The molecule has 2 aromatic heterocycles. The van der Waals surface area contributed by atoms with Gasteiger partial charge in [-0.3, -0.25) is 4.79 Å². The molecule has 0 amide bonds. The smallest absolute Gasteiger partial charge is 0.211 e. The maximum absolute atomic E-state index is 13.4. The van der Waals surface area contributed by atoms with E-state index in [-0.39, 0.29) is 5.78 Å². The molecule has 156 valence electrons. The summed E-state index contributed by atoms with van der Waals surface area (Å²) in [5.41, 5.74) is 4.67. The molecule has 0 bridgehead atoms. The van der Waals surface area contributed by atoms with Gasteiger partial charge in [0.05, 0.1) is 18.0 Å². The summed E-state index contributed by atoms with van der Waals surface area (Å²) in [7, 11) is 0. The van der Waals surface area contributed by atoms with Gasteiger partial charge in [-0.05, 0) is 53.1 Å². The van der Waals surface area contributed by atoms with Crippen LogP contribution in [0.3, 0.4) is 0 Å². The van der Waals surface area contributed by atoms with Gasteiger partial charge in [0.2, 0.25) is 5.78 Å². The van der Waals surface area contributed by atoms with Crippen molar-refractivity contribution >= 4 is 39.9 Å². The first-order valence-electron chi connectivity index (χ1n) is 10.0. The molecule has 3 aromatic carbocycles. The standard InChI is InChI=1S/C26H17Cl2N3O/c27-20-8-4-7-18(11-20)21-13-25(28)30-23-10-9-19(12-22(21)23)26(32)24-14-29-16-31(24)15-17-5-2-1-3-6-17/h1-14,16H,15H2. The van der Waals surface area contributed by atoms with Crippen LogP contribution in [0.1, 0.15) is 21.6 Å². The maximum atomic E-state index is 13.4. The van der Waals surface area contributed by atoms with Crippen molar-refractivity contribution in [2.75, 3.05) is 0 Å². The summed E-state index contributed by atoms with van der Waals surface area (Å²) in [5.74, 6) is -0.104. The number of imidazole rings is 1. The molecule has 2 heterocycles. The summed E-state index contributed by atoms with van der Waals surface area (Å²) in [5, 5.41) is 1.84. The van der Waals surface area contributed by atoms with E-state index in [4.69, 9.17) is 23.2 Å². The lowest BCUT2D eigenvalue weighted by molar-refractivity contribution is 0.103. The van der Waals surface area contributed by atoms with Crippen molar-refractivity contribution in [1.82, 2.24) is 14.5 Å². The van der Waals surface area contributed by atoms with E-state index >= 15 is 0 Å². The van der Waals surface area contributed by atoms with Crippen LogP contribution in [-0.2, 0) is 6.54 Å². The number of hydrogen-bond acceptors (Lipinski definition) is 3. The van der Waals surface area contributed by atoms with Crippen molar-refractivity contribution in [2.24, 2.45) is 0 Å². The van der Waals surface area contributed by atoms with Crippen LogP contribution >= 0.6 is 23.2 Å². The predicted octanol–water partition coefficient (Wildman–Crippen LogP) is 6.68. The number of carbonyl (C=O) groups excluding carboxylic acids is 1. The minimum atomic E-state index is -0.104. The number of fused-ring (bicyclic) bond motifs is 1. The van der Waals surface area contributed by atoms with E-state index in [1.165, 1.54) is 0 Å². The molecule has 0 aliphatic carbocycles. The first-order chi connectivity index (χ1) is 15.6. The highest BCUT2D eigenvalue weighted by molar-refractivity contribution is 6.31. The normalized spacial score (nSPS) is 11.1. The monoisotopic (exact) mass is 457 g/mol. The number of pyridine rings is 1. The van der Waals surface area contributed by atoms with Gasteiger partial charge in [-0.1, -0.05) is 65.7 Å². The molecular weight excluding hydrogens is 441 g/mol. The molecule has 4 nitrogen and oxygen atoms in total. The van der Waals surface area contributed by atoms with Crippen molar-refractivity contribution in [3.05, 3.63) is 118 Å². The summed E-state index contributed by atoms with van der Waals surface area (Å²) in [6.45, 7) is 0.570. The van der Waals surface area contributed by atoms with Crippen molar-refractivity contribution in [1.29, 1.82) is 0 Å². The van der Waals surface area contributed by atoms with Gasteiger partial charge in [0.25, 0.3) is 0 Å². The number of carbonyl (C=O) groups is 1. The van der Waals surface area contributed by atoms with Gasteiger partial charge < -0.3 is 4.57 Å². The number of aromatic nitrogens is 3. The lowest BCUT2D eigenvalue weighted by Gasteiger charge is -2.11. The highest BCUT2D eigenvalue weighted by atomic mass is 35.5. The number of ketones is 1. The minimum Gasteiger partial charge on any atom is -0.323 e. The first kappa shape index (κ1) is 20.4. The number of benzene rings is 3. The van der Waals surface area contributed by atoms with Gasteiger partial charge in [0.1, 0.15) is 10.8 Å². The molecule has 0 spiro atoms. The molecule has 0 aliphatic rings. The average Bonchev–Trinajstić information content (AvgIpc) is 3.26. The molecular formula is C26H17Cl2N3O. The van der Waals surface area contributed by atoms with Crippen molar-refractivity contribution < 1.29 is 4.79 Å². The molecule has 6 heteroatoms. The maximum Gasteiger partial charge on any atom is 0.211 e.